The van der Waals surface area contributed by atoms with Crippen LogP contribution in [0.2, 0.25) is 0 Å². The standard InChI is InChI=1S/C15H20N4O/c1-11(2)18-15(16-3)17-10-13-9-14(19-20-13)12-7-5-4-6-8-12/h4-9,11H,10H2,1-3H3,(H2,16,17,18). The molecule has 1 aromatic carbocycles. The molecule has 1 aromatic heterocycles. The van der Waals surface area contributed by atoms with Crippen molar-refractivity contribution in [1.29, 1.82) is 0 Å². The number of guanidine groups is 1. The lowest BCUT2D eigenvalue weighted by Crippen LogP contribution is -2.40. The first kappa shape index (κ1) is 14.1. The Balaban J connectivity index is 1.97. The van der Waals surface area contributed by atoms with Crippen LogP contribution in [0.4, 0.5) is 0 Å². The minimum atomic E-state index is 0.329. The number of aromatic nitrogens is 1. The van der Waals surface area contributed by atoms with Crippen molar-refractivity contribution in [2.75, 3.05) is 7.05 Å². The van der Waals surface area contributed by atoms with Gasteiger partial charge >= 0.3 is 0 Å². The van der Waals surface area contributed by atoms with Gasteiger partial charge in [-0.3, -0.25) is 4.99 Å². The van der Waals surface area contributed by atoms with Gasteiger partial charge in [0.2, 0.25) is 0 Å². The largest absolute Gasteiger partial charge is 0.359 e. The molecule has 5 heteroatoms. The molecule has 0 bridgehead atoms. The predicted molar refractivity (Wildman–Crippen MR) is 80.4 cm³/mol. The van der Waals surface area contributed by atoms with Crippen molar-refractivity contribution in [2.24, 2.45) is 4.99 Å². The molecule has 2 rings (SSSR count). The smallest absolute Gasteiger partial charge is 0.191 e. The summed E-state index contributed by atoms with van der Waals surface area (Å²) in [5.74, 6) is 1.52. The van der Waals surface area contributed by atoms with E-state index in [1.54, 1.807) is 7.05 Å². The zero-order chi connectivity index (χ0) is 14.4. The van der Waals surface area contributed by atoms with E-state index in [1.807, 2.05) is 36.4 Å². The molecule has 0 spiro atoms. The van der Waals surface area contributed by atoms with Crippen LogP contribution in [0.15, 0.2) is 45.9 Å². The zero-order valence-corrected chi connectivity index (χ0v) is 12.1. The van der Waals surface area contributed by atoms with Crippen LogP contribution in [0, 0.1) is 0 Å². The number of nitrogens with zero attached hydrogens (tertiary/aromatic N) is 2. The maximum atomic E-state index is 5.32. The van der Waals surface area contributed by atoms with E-state index in [2.05, 4.69) is 34.6 Å². The fraction of sp³-hybridized carbons (Fsp3) is 0.333. The Hall–Kier alpha value is -2.30. The van der Waals surface area contributed by atoms with Crippen LogP contribution in [0.5, 0.6) is 0 Å². The molecule has 0 fully saturated rings. The van der Waals surface area contributed by atoms with Crippen molar-refractivity contribution in [1.82, 2.24) is 15.8 Å². The van der Waals surface area contributed by atoms with E-state index in [-0.39, 0.29) is 0 Å². The van der Waals surface area contributed by atoms with E-state index >= 15 is 0 Å². The number of hydrogen-bond donors (Lipinski definition) is 2. The summed E-state index contributed by atoms with van der Waals surface area (Å²) in [6.07, 6.45) is 0. The van der Waals surface area contributed by atoms with Crippen molar-refractivity contribution in [3.63, 3.8) is 0 Å². The molecule has 2 aromatic rings. The first-order valence-corrected chi connectivity index (χ1v) is 6.67. The van der Waals surface area contributed by atoms with Gasteiger partial charge in [-0.2, -0.15) is 0 Å². The topological polar surface area (TPSA) is 62.5 Å². The molecule has 1 heterocycles. The SMILES string of the molecule is CN=C(NCc1cc(-c2ccccc2)no1)NC(C)C. The maximum Gasteiger partial charge on any atom is 0.191 e. The summed E-state index contributed by atoms with van der Waals surface area (Å²) in [5.41, 5.74) is 1.89. The Bertz CT molecular complexity index is 560. The summed E-state index contributed by atoms with van der Waals surface area (Å²) in [4.78, 5) is 4.14. The fourth-order valence-corrected chi connectivity index (χ4v) is 1.78. The van der Waals surface area contributed by atoms with Crippen LogP contribution < -0.4 is 10.6 Å². The summed E-state index contributed by atoms with van der Waals surface area (Å²) in [5, 5.41) is 10.5. The molecule has 0 amide bonds. The second-order valence-corrected chi connectivity index (χ2v) is 4.77. The second kappa shape index (κ2) is 6.75. The van der Waals surface area contributed by atoms with Crippen LogP contribution in [0.3, 0.4) is 0 Å². The lowest BCUT2D eigenvalue weighted by atomic mass is 10.1. The quantitative estimate of drug-likeness (QED) is 0.663. The molecular weight excluding hydrogens is 252 g/mol. The number of hydrogen-bond acceptors (Lipinski definition) is 3. The first-order chi connectivity index (χ1) is 9.69. The van der Waals surface area contributed by atoms with Gasteiger partial charge in [-0.05, 0) is 13.8 Å². The van der Waals surface area contributed by atoms with Crippen molar-refractivity contribution < 1.29 is 4.52 Å². The van der Waals surface area contributed by atoms with Gasteiger partial charge in [0.25, 0.3) is 0 Å². The molecule has 5 nitrogen and oxygen atoms in total. The van der Waals surface area contributed by atoms with Gasteiger partial charge in [-0.15, -0.1) is 0 Å². The van der Waals surface area contributed by atoms with Crippen molar-refractivity contribution in [3.05, 3.63) is 42.2 Å². The fourth-order valence-electron chi connectivity index (χ4n) is 1.78. The molecule has 0 saturated carbocycles. The van der Waals surface area contributed by atoms with Gasteiger partial charge in [0.15, 0.2) is 11.7 Å². The number of rotatable bonds is 4. The van der Waals surface area contributed by atoms with Crippen molar-refractivity contribution in [3.8, 4) is 11.3 Å². The van der Waals surface area contributed by atoms with Crippen LogP contribution >= 0.6 is 0 Å². The van der Waals surface area contributed by atoms with Gasteiger partial charge in [0, 0.05) is 24.7 Å². The summed E-state index contributed by atoms with van der Waals surface area (Å²) >= 11 is 0. The molecule has 0 unspecified atom stereocenters. The van der Waals surface area contributed by atoms with E-state index < -0.39 is 0 Å². The van der Waals surface area contributed by atoms with Gasteiger partial charge in [0.05, 0.1) is 6.54 Å². The van der Waals surface area contributed by atoms with Crippen molar-refractivity contribution >= 4 is 5.96 Å². The average Bonchev–Trinajstić information content (AvgIpc) is 2.93. The minimum Gasteiger partial charge on any atom is -0.359 e. The average molecular weight is 272 g/mol. The Morgan fingerprint density at radius 3 is 2.70 bits per heavy atom. The molecule has 106 valence electrons. The van der Waals surface area contributed by atoms with Gasteiger partial charge in [0.1, 0.15) is 5.69 Å². The van der Waals surface area contributed by atoms with E-state index in [4.69, 9.17) is 4.52 Å². The third-order valence-electron chi connectivity index (χ3n) is 2.71. The van der Waals surface area contributed by atoms with E-state index in [1.165, 1.54) is 0 Å². The number of nitrogens with one attached hydrogen (secondary N) is 2. The van der Waals surface area contributed by atoms with E-state index in [0.29, 0.717) is 12.6 Å². The highest BCUT2D eigenvalue weighted by Crippen LogP contribution is 2.18. The molecule has 20 heavy (non-hydrogen) atoms. The third kappa shape index (κ3) is 3.85. The normalized spacial score (nSPS) is 11.7. The van der Waals surface area contributed by atoms with Crippen LogP contribution in [0.1, 0.15) is 19.6 Å². The number of aliphatic imine (C=N–C) groups is 1. The Morgan fingerprint density at radius 2 is 2.05 bits per heavy atom. The highest BCUT2D eigenvalue weighted by molar-refractivity contribution is 5.79. The lowest BCUT2D eigenvalue weighted by Gasteiger charge is -2.13. The molecule has 0 saturated heterocycles. The molecule has 0 radical (unpaired) electrons. The van der Waals surface area contributed by atoms with Gasteiger partial charge in [-0.1, -0.05) is 35.5 Å². The highest BCUT2D eigenvalue weighted by Gasteiger charge is 2.07. The monoisotopic (exact) mass is 272 g/mol. The molecule has 0 aliphatic carbocycles. The summed E-state index contributed by atoms with van der Waals surface area (Å²) in [6, 6.07) is 12.2. The Labute approximate surface area is 119 Å². The summed E-state index contributed by atoms with van der Waals surface area (Å²) < 4.78 is 5.32. The van der Waals surface area contributed by atoms with Crippen LogP contribution in [0.25, 0.3) is 11.3 Å². The molecular formula is C15H20N4O. The van der Waals surface area contributed by atoms with Gasteiger partial charge in [-0.25, -0.2) is 0 Å². The van der Waals surface area contributed by atoms with Crippen molar-refractivity contribution in [2.45, 2.75) is 26.4 Å². The Kier molecular flexibility index (Phi) is 4.76. The van der Waals surface area contributed by atoms with E-state index in [9.17, 15) is 0 Å². The summed E-state index contributed by atoms with van der Waals surface area (Å²) in [6.45, 7) is 4.68. The first-order valence-electron chi connectivity index (χ1n) is 6.67. The highest BCUT2D eigenvalue weighted by atomic mass is 16.5. The molecule has 0 atom stereocenters. The Morgan fingerprint density at radius 1 is 1.30 bits per heavy atom. The molecule has 2 N–H and O–H groups in total. The summed E-state index contributed by atoms with van der Waals surface area (Å²) in [7, 11) is 1.74. The second-order valence-electron chi connectivity index (χ2n) is 4.77. The van der Waals surface area contributed by atoms with Crippen LogP contribution in [-0.2, 0) is 6.54 Å². The minimum absolute atomic E-state index is 0.329. The van der Waals surface area contributed by atoms with Gasteiger partial charge < -0.3 is 15.2 Å². The van der Waals surface area contributed by atoms with Crippen LogP contribution in [-0.4, -0.2) is 24.2 Å². The van der Waals surface area contributed by atoms with E-state index in [0.717, 1.165) is 23.0 Å². The number of benzene rings is 1. The third-order valence-corrected chi connectivity index (χ3v) is 2.71. The zero-order valence-electron chi connectivity index (χ0n) is 12.1. The maximum absolute atomic E-state index is 5.32. The lowest BCUT2D eigenvalue weighted by molar-refractivity contribution is 0.382. The molecule has 0 aliphatic heterocycles. The predicted octanol–water partition coefficient (Wildman–Crippen LogP) is 2.42. The molecule has 0 aliphatic rings.